The summed E-state index contributed by atoms with van der Waals surface area (Å²) in [6.45, 7) is 3.68. The van der Waals surface area contributed by atoms with Crippen LogP contribution in [0.4, 0.5) is 10.1 Å². The zero-order valence-electron chi connectivity index (χ0n) is 20.1. The summed E-state index contributed by atoms with van der Waals surface area (Å²) in [6, 6.07) is 14.0. The van der Waals surface area contributed by atoms with Crippen LogP contribution in [-0.4, -0.2) is 36.0 Å². The molecule has 0 unspecified atom stereocenters. The zero-order chi connectivity index (χ0) is 25.5. The number of H-pyrrole nitrogens is 2. The van der Waals surface area contributed by atoms with Gasteiger partial charge < -0.3 is 10.3 Å². The Kier molecular flexibility index (Phi) is 5.45. The number of aromatic amines is 2. The second kappa shape index (κ2) is 8.94. The lowest BCUT2D eigenvalue weighted by atomic mass is 10.0. The van der Waals surface area contributed by atoms with Crippen molar-refractivity contribution in [1.82, 2.24) is 30.1 Å². The second-order valence-corrected chi connectivity index (χ2v) is 9.11. The third-order valence-electron chi connectivity index (χ3n) is 6.19. The lowest BCUT2D eigenvalue weighted by molar-refractivity contribution is -0.118. The summed E-state index contributed by atoms with van der Waals surface area (Å²) in [5, 5.41) is 11.4. The van der Waals surface area contributed by atoms with Crippen molar-refractivity contribution in [3.8, 4) is 33.8 Å². The molecular weight excluding hydrogens is 469 g/mol. The lowest BCUT2D eigenvalue weighted by Crippen LogP contribution is -2.17. The Morgan fingerprint density at radius 2 is 1.73 bits per heavy atom. The highest BCUT2D eigenvalue weighted by Crippen LogP contribution is 2.34. The van der Waals surface area contributed by atoms with Gasteiger partial charge in [-0.3, -0.25) is 19.9 Å². The molecule has 0 fully saturated rings. The number of aromatic nitrogens is 6. The van der Waals surface area contributed by atoms with Crippen LogP contribution in [0.5, 0.6) is 0 Å². The van der Waals surface area contributed by atoms with E-state index in [-0.39, 0.29) is 17.6 Å². The molecule has 1 aromatic carbocycles. The van der Waals surface area contributed by atoms with E-state index in [1.54, 1.807) is 36.9 Å². The monoisotopic (exact) mass is 491 g/mol. The summed E-state index contributed by atoms with van der Waals surface area (Å²) in [4.78, 5) is 29.0. The van der Waals surface area contributed by atoms with Gasteiger partial charge in [-0.1, -0.05) is 26.0 Å². The molecule has 5 heterocycles. The van der Waals surface area contributed by atoms with Crippen LogP contribution in [0.25, 0.3) is 55.7 Å². The van der Waals surface area contributed by atoms with Gasteiger partial charge in [-0.05, 0) is 42.0 Å². The summed E-state index contributed by atoms with van der Waals surface area (Å²) >= 11 is 0. The molecule has 0 saturated heterocycles. The summed E-state index contributed by atoms with van der Waals surface area (Å²) in [6.07, 6.45) is 6.85. The molecule has 0 aliphatic rings. The van der Waals surface area contributed by atoms with Gasteiger partial charge in [0.25, 0.3) is 0 Å². The predicted octanol–water partition coefficient (Wildman–Crippen LogP) is 5.96. The van der Waals surface area contributed by atoms with Crippen LogP contribution in [0, 0.1) is 11.7 Å². The molecule has 0 aliphatic carbocycles. The largest absolute Gasteiger partial charge is 0.352 e. The Morgan fingerprint density at radius 1 is 0.919 bits per heavy atom. The van der Waals surface area contributed by atoms with Crippen LogP contribution in [0.3, 0.4) is 0 Å². The summed E-state index contributed by atoms with van der Waals surface area (Å²) in [7, 11) is 0. The SMILES string of the molecule is CC(C)C(=O)Nc1cncc(-c2ccc3[nH]nc(-c4cc5c(-c6ccc(F)cc6)cncc5[nH]4)c3n2)c1. The highest BCUT2D eigenvalue weighted by Gasteiger charge is 2.16. The minimum atomic E-state index is -0.286. The molecule has 0 bridgehead atoms. The van der Waals surface area contributed by atoms with Gasteiger partial charge in [0.05, 0.1) is 40.5 Å². The molecule has 0 aliphatic heterocycles. The van der Waals surface area contributed by atoms with E-state index >= 15 is 0 Å². The molecule has 6 aromatic rings. The Labute approximate surface area is 211 Å². The van der Waals surface area contributed by atoms with Gasteiger partial charge in [0.15, 0.2) is 0 Å². The molecule has 0 radical (unpaired) electrons. The number of hydrogen-bond donors (Lipinski definition) is 3. The van der Waals surface area contributed by atoms with Crippen molar-refractivity contribution in [1.29, 1.82) is 0 Å². The van der Waals surface area contributed by atoms with E-state index in [1.165, 1.54) is 12.1 Å². The Hall–Kier alpha value is -4.92. The number of nitrogens with zero attached hydrogens (tertiary/aromatic N) is 4. The molecule has 8 nitrogen and oxygen atoms in total. The fraction of sp³-hybridized carbons (Fsp3) is 0.107. The van der Waals surface area contributed by atoms with Crippen molar-refractivity contribution in [3.05, 3.63) is 79.1 Å². The number of pyridine rings is 3. The fourth-order valence-corrected chi connectivity index (χ4v) is 4.22. The normalized spacial score (nSPS) is 11.5. The lowest BCUT2D eigenvalue weighted by Gasteiger charge is -2.08. The number of fused-ring (bicyclic) bond motifs is 2. The Morgan fingerprint density at radius 3 is 2.54 bits per heavy atom. The number of amides is 1. The molecule has 5 aromatic heterocycles. The van der Waals surface area contributed by atoms with Crippen molar-refractivity contribution in [2.75, 3.05) is 5.32 Å². The fourth-order valence-electron chi connectivity index (χ4n) is 4.22. The topological polar surface area (TPSA) is 112 Å². The van der Waals surface area contributed by atoms with Crippen LogP contribution in [0.15, 0.2) is 73.3 Å². The molecule has 0 saturated carbocycles. The maximum absolute atomic E-state index is 13.5. The van der Waals surface area contributed by atoms with Crippen molar-refractivity contribution in [2.24, 2.45) is 5.92 Å². The van der Waals surface area contributed by atoms with E-state index in [2.05, 4.69) is 30.5 Å². The minimum absolute atomic E-state index is 0.0761. The molecule has 0 atom stereocenters. The van der Waals surface area contributed by atoms with Gasteiger partial charge in [-0.2, -0.15) is 5.10 Å². The standard InChI is InChI=1S/C28H22FN7O/c1-15(2)28(37)32-19-9-17(11-30-12-19)22-7-8-23-26(34-22)27(36-35-23)24-10-20-21(13-31-14-25(20)33-24)16-3-5-18(29)6-4-16/h3-15,33H,1-2H3,(H,32,37)(H,35,36). The van der Waals surface area contributed by atoms with Crippen LogP contribution >= 0.6 is 0 Å². The third-order valence-corrected chi connectivity index (χ3v) is 6.19. The molecule has 1 amide bonds. The highest BCUT2D eigenvalue weighted by atomic mass is 19.1. The number of benzene rings is 1. The molecule has 9 heteroatoms. The minimum Gasteiger partial charge on any atom is -0.352 e. The van der Waals surface area contributed by atoms with Crippen molar-refractivity contribution < 1.29 is 9.18 Å². The number of rotatable bonds is 5. The molecule has 6 rings (SSSR count). The first-order chi connectivity index (χ1) is 18.0. The Balaban J connectivity index is 1.41. The number of halogens is 1. The van der Waals surface area contributed by atoms with Crippen LogP contribution in [0.2, 0.25) is 0 Å². The van der Waals surface area contributed by atoms with Crippen LogP contribution in [0.1, 0.15) is 13.8 Å². The maximum atomic E-state index is 13.5. The molecule has 37 heavy (non-hydrogen) atoms. The molecule has 182 valence electrons. The van der Waals surface area contributed by atoms with E-state index < -0.39 is 0 Å². The molecule has 3 N–H and O–H groups in total. The van der Waals surface area contributed by atoms with Crippen LogP contribution in [-0.2, 0) is 4.79 Å². The van der Waals surface area contributed by atoms with E-state index in [0.29, 0.717) is 22.6 Å². The van der Waals surface area contributed by atoms with Gasteiger partial charge in [0.2, 0.25) is 5.91 Å². The summed E-state index contributed by atoms with van der Waals surface area (Å²) in [5.41, 5.74) is 7.60. The van der Waals surface area contributed by atoms with E-state index in [4.69, 9.17) is 4.98 Å². The third kappa shape index (κ3) is 4.20. The van der Waals surface area contributed by atoms with Gasteiger partial charge in [0, 0.05) is 34.8 Å². The second-order valence-electron chi connectivity index (χ2n) is 9.11. The van der Waals surface area contributed by atoms with Crippen molar-refractivity contribution in [2.45, 2.75) is 13.8 Å². The average Bonchev–Trinajstić information content (AvgIpc) is 3.53. The summed E-state index contributed by atoms with van der Waals surface area (Å²) < 4.78 is 13.5. The first-order valence-electron chi connectivity index (χ1n) is 11.8. The highest BCUT2D eigenvalue weighted by molar-refractivity contribution is 6.00. The van der Waals surface area contributed by atoms with Gasteiger partial charge in [0.1, 0.15) is 17.0 Å². The first-order valence-corrected chi connectivity index (χ1v) is 11.8. The molecular formula is C28H22FN7O. The molecule has 0 spiro atoms. The Bertz CT molecular complexity index is 1770. The van der Waals surface area contributed by atoms with E-state index in [9.17, 15) is 9.18 Å². The average molecular weight is 492 g/mol. The predicted molar refractivity (Wildman–Crippen MR) is 141 cm³/mol. The van der Waals surface area contributed by atoms with Crippen molar-refractivity contribution in [3.63, 3.8) is 0 Å². The number of anilines is 1. The smallest absolute Gasteiger partial charge is 0.226 e. The summed E-state index contributed by atoms with van der Waals surface area (Å²) in [5.74, 6) is -0.499. The number of carbonyl (C=O) groups excluding carboxylic acids is 1. The number of hydrogen-bond acceptors (Lipinski definition) is 5. The van der Waals surface area contributed by atoms with E-state index in [1.807, 2.05) is 38.1 Å². The first kappa shape index (κ1) is 22.5. The van der Waals surface area contributed by atoms with Crippen LogP contribution < -0.4 is 5.32 Å². The zero-order valence-corrected chi connectivity index (χ0v) is 20.1. The number of carbonyl (C=O) groups is 1. The van der Waals surface area contributed by atoms with E-state index in [0.717, 1.165) is 38.8 Å². The maximum Gasteiger partial charge on any atom is 0.226 e. The van der Waals surface area contributed by atoms with Gasteiger partial charge >= 0.3 is 0 Å². The van der Waals surface area contributed by atoms with Crippen molar-refractivity contribution >= 4 is 33.5 Å². The number of nitrogens with one attached hydrogen (secondary N) is 3. The van der Waals surface area contributed by atoms with Gasteiger partial charge in [-0.25, -0.2) is 9.37 Å². The quantitative estimate of drug-likeness (QED) is 0.275. The van der Waals surface area contributed by atoms with Gasteiger partial charge in [-0.15, -0.1) is 0 Å².